The van der Waals surface area contributed by atoms with Gasteiger partial charge in [0.1, 0.15) is 5.82 Å². The van der Waals surface area contributed by atoms with Crippen LogP contribution in [-0.2, 0) is 6.54 Å². The Balaban J connectivity index is 1.60. The molecule has 0 saturated carbocycles. The van der Waals surface area contributed by atoms with Gasteiger partial charge in [0.15, 0.2) is 11.1 Å². The monoisotopic (exact) mass is 419 g/mol. The van der Waals surface area contributed by atoms with Gasteiger partial charge in [0.25, 0.3) is 5.91 Å². The fraction of sp³-hybridized carbons (Fsp3) is 0.318. The molecule has 0 spiro atoms. The Bertz CT molecular complexity index is 1380. The van der Waals surface area contributed by atoms with Crippen LogP contribution in [0.25, 0.3) is 22.2 Å². The van der Waals surface area contributed by atoms with E-state index in [0.29, 0.717) is 40.6 Å². The highest BCUT2D eigenvalue weighted by Crippen LogP contribution is 2.38. The molecule has 2 aromatic carbocycles. The lowest BCUT2D eigenvalue weighted by molar-refractivity contribution is 0.0992. The molecule has 1 aliphatic rings. The molecule has 9 nitrogen and oxygen atoms in total. The molecule has 1 amide bonds. The van der Waals surface area contributed by atoms with Crippen LogP contribution in [0.4, 0.5) is 5.69 Å². The molecule has 0 fully saturated rings. The van der Waals surface area contributed by atoms with E-state index in [-0.39, 0.29) is 23.4 Å². The van der Waals surface area contributed by atoms with Crippen LogP contribution in [0.5, 0.6) is 11.9 Å². The Morgan fingerprint density at radius 1 is 1.10 bits per heavy atom. The van der Waals surface area contributed by atoms with Crippen molar-refractivity contribution >= 4 is 22.4 Å². The first-order valence-electron chi connectivity index (χ1n) is 9.93. The zero-order valence-electron chi connectivity index (χ0n) is 17.9. The van der Waals surface area contributed by atoms with Gasteiger partial charge in [-0.25, -0.2) is 9.97 Å². The number of amides is 1. The number of carbonyl (C=O) groups is 1. The first kappa shape index (κ1) is 19.2. The summed E-state index contributed by atoms with van der Waals surface area (Å²) < 4.78 is 12.5. The predicted molar refractivity (Wildman–Crippen MR) is 115 cm³/mol. The van der Waals surface area contributed by atoms with E-state index in [4.69, 9.17) is 9.47 Å². The summed E-state index contributed by atoms with van der Waals surface area (Å²) in [5, 5.41) is 1.46. The van der Waals surface area contributed by atoms with Gasteiger partial charge in [-0.2, -0.15) is 4.98 Å². The number of aryl methyl sites for hydroxylation is 1. The smallest absolute Gasteiger partial charge is 0.319 e. The summed E-state index contributed by atoms with van der Waals surface area (Å²) in [6.45, 7) is 6.31. The molecule has 0 saturated heterocycles. The number of aromatic nitrogens is 4. The summed E-state index contributed by atoms with van der Waals surface area (Å²) >= 11 is 0. The van der Waals surface area contributed by atoms with Gasteiger partial charge in [0.2, 0.25) is 5.88 Å². The number of imidazole rings is 1. The van der Waals surface area contributed by atoms with Gasteiger partial charge in [-0.15, -0.1) is 0 Å². The Kier molecular flexibility index (Phi) is 4.11. The molecule has 0 radical (unpaired) electrons. The van der Waals surface area contributed by atoms with Crippen molar-refractivity contribution < 1.29 is 14.3 Å². The van der Waals surface area contributed by atoms with E-state index in [1.165, 1.54) is 14.2 Å². The predicted octanol–water partition coefficient (Wildman–Crippen LogP) is 2.80. The Morgan fingerprint density at radius 3 is 2.52 bits per heavy atom. The zero-order chi connectivity index (χ0) is 22.0. The van der Waals surface area contributed by atoms with Crippen LogP contribution in [0.3, 0.4) is 0 Å². The average Bonchev–Trinajstić information content (AvgIpc) is 3.11. The number of hydrogen-bond donors (Lipinski definition) is 0. The van der Waals surface area contributed by atoms with Gasteiger partial charge >= 0.3 is 6.01 Å². The topological polar surface area (TPSA) is 99.4 Å². The molecule has 0 atom stereocenters. The van der Waals surface area contributed by atoms with Crippen molar-refractivity contribution in [2.75, 3.05) is 19.1 Å². The van der Waals surface area contributed by atoms with Gasteiger partial charge in [0.05, 0.1) is 32.0 Å². The lowest BCUT2D eigenvalue weighted by Gasteiger charge is -2.20. The second kappa shape index (κ2) is 6.63. The van der Waals surface area contributed by atoms with Gasteiger partial charge < -0.3 is 18.9 Å². The van der Waals surface area contributed by atoms with E-state index < -0.39 is 0 Å². The third kappa shape index (κ3) is 2.73. The van der Waals surface area contributed by atoms with Crippen LogP contribution in [0.2, 0.25) is 0 Å². The first-order valence-corrected chi connectivity index (χ1v) is 9.93. The minimum atomic E-state index is -0.198. The van der Waals surface area contributed by atoms with Crippen molar-refractivity contribution in [3.8, 4) is 23.3 Å². The maximum atomic E-state index is 13.3. The first-order chi connectivity index (χ1) is 14.8. The summed E-state index contributed by atoms with van der Waals surface area (Å²) in [7, 11) is 3.00. The van der Waals surface area contributed by atoms with E-state index in [2.05, 4.69) is 15.0 Å². The van der Waals surface area contributed by atoms with Crippen molar-refractivity contribution in [2.45, 2.75) is 33.4 Å². The zero-order valence-corrected chi connectivity index (χ0v) is 17.9. The number of nitrogens with zero attached hydrogens (tertiary/aromatic N) is 5. The minimum absolute atomic E-state index is 0.0303. The molecule has 1 aliphatic heterocycles. The van der Waals surface area contributed by atoms with Crippen LogP contribution < -0.4 is 19.8 Å². The molecule has 2 aromatic heterocycles. The van der Waals surface area contributed by atoms with Crippen LogP contribution in [0.15, 0.2) is 23.1 Å². The van der Waals surface area contributed by atoms with Crippen molar-refractivity contribution in [2.24, 2.45) is 0 Å². The molecule has 9 heteroatoms. The quantitative estimate of drug-likeness (QED) is 0.490. The maximum Gasteiger partial charge on any atom is 0.319 e. The summed E-state index contributed by atoms with van der Waals surface area (Å²) in [6.07, 6.45) is 1.59. The molecule has 0 aliphatic carbocycles. The van der Waals surface area contributed by atoms with E-state index in [0.717, 1.165) is 16.6 Å². The van der Waals surface area contributed by atoms with Crippen molar-refractivity contribution in [1.29, 1.82) is 0 Å². The van der Waals surface area contributed by atoms with Crippen LogP contribution >= 0.6 is 0 Å². The fourth-order valence-electron chi connectivity index (χ4n) is 4.20. The maximum absolute atomic E-state index is 13.3. The molecule has 0 bridgehead atoms. The molecule has 3 heterocycles. The van der Waals surface area contributed by atoms with E-state index in [9.17, 15) is 9.59 Å². The number of hydrogen-bond acceptors (Lipinski definition) is 7. The Hall–Kier alpha value is -3.75. The summed E-state index contributed by atoms with van der Waals surface area (Å²) in [4.78, 5) is 39.9. The number of ether oxygens (including phenoxy) is 2. The lowest BCUT2D eigenvalue weighted by atomic mass is 10.2. The number of rotatable bonds is 5. The van der Waals surface area contributed by atoms with Crippen molar-refractivity contribution in [1.82, 2.24) is 19.5 Å². The second-order valence-corrected chi connectivity index (χ2v) is 7.88. The van der Waals surface area contributed by atoms with Crippen LogP contribution in [-0.4, -0.2) is 39.6 Å². The lowest BCUT2D eigenvalue weighted by Crippen LogP contribution is -2.24. The fourth-order valence-corrected chi connectivity index (χ4v) is 4.20. The highest BCUT2D eigenvalue weighted by atomic mass is 16.5. The highest BCUT2D eigenvalue weighted by Gasteiger charge is 2.37. The van der Waals surface area contributed by atoms with Gasteiger partial charge in [0, 0.05) is 28.7 Å². The molecule has 0 unspecified atom stereocenters. The van der Waals surface area contributed by atoms with Gasteiger partial charge in [-0.3, -0.25) is 9.59 Å². The SMILES string of the molecule is COc1ncc(-c2nc3c(n2C(C)C)CN(c2cc(C)c4c(=O)c4c2)C3=O)c(OC)n1. The van der Waals surface area contributed by atoms with Gasteiger partial charge in [-0.1, -0.05) is 0 Å². The molecule has 4 aromatic rings. The third-order valence-electron chi connectivity index (χ3n) is 5.67. The summed E-state index contributed by atoms with van der Waals surface area (Å²) in [5.41, 5.74) is 3.44. The highest BCUT2D eigenvalue weighted by molar-refractivity contribution is 6.11. The van der Waals surface area contributed by atoms with Crippen LogP contribution in [0, 0.1) is 6.92 Å². The molecular formula is C22H21N5O4. The minimum Gasteiger partial charge on any atom is -0.480 e. The Labute approximate surface area is 177 Å². The number of anilines is 1. The number of methoxy groups -OCH3 is 2. The molecule has 0 N–H and O–H groups in total. The molecule has 5 rings (SSSR count). The van der Waals surface area contributed by atoms with E-state index in [1.54, 1.807) is 17.2 Å². The standard InChI is InChI=1S/C22H21N5O4/c1-10(2)27-15-9-26(12-6-11(3)16-13(7-12)18(16)28)21(29)17(15)24-19(27)14-8-23-22(31-5)25-20(14)30-4/h6-8,10H,9H2,1-5H3. The van der Waals surface area contributed by atoms with E-state index in [1.807, 2.05) is 31.4 Å². The molecular weight excluding hydrogens is 398 g/mol. The summed E-state index contributed by atoms with van der Waals surface area (Å²) in [5.74, 6) is 0.692. The van der Waals surface area contributed by atoms with E-state index >= 15 is 0 Å². The van der Waals surface area contributed by atoms with Crippen LogP contribution in [0.1, 0.15) is 41.6 Å². The number of fused-ring (bicyclic) bond motifs is 2. The van der Waals surface area contributed by atoms with Gasteiger partial charge in [-0.05, 0) is 38.5 Å². The molecule has 31 heavy (non-hydrogen) atoms. The van der Waals surface area contributed by atoms with Crippen molar-refractivity contribution in [3.63, 3.8) is 0 Å². The normalized spacial score (nSPS) is 13.6. The Morgan fingerprint density at radius 2 is 1.87 bits per heavy atom. The second-order valence-electron chi connectivity index (χ2n) is 7.88. The average molecular weight is 419 g/mol. The number of carbonyl (C=O) groups excluding carboxylic acids is 1. The largest absolute Gasteiger partial charge is 0.480 e. The third-order valence-corrected chi connectivity index (χ3v) is 5.67. The summed E-state index contributed by atoms with van der Waals surface area (Å²) in [6, 6.07) is 3.89. The number of benzene rings is 1. The molecule has 158 valence electrons. The van der Waals surface area contributed by atoms with Crippen molar-refractivity contribution in [3.05, 3.63) is 45.5 Å².